The molecule has 0 saturated carbocycles. The van der Waals surface area contributed by atoms with Crippen molar-refractivity contribution in [2.45, 2.75) is 20.8 Å². The summed E-state index contributed by atoms with van der Waals surface area (Å²) in [6.07, 6.45) is 15.9. The fraction of sp³-hybridized carbons (Fsp3) is 0.176. The molecule has 0 aromatic rings. The molecule has 0 aliphatic carbocycles. The molecule has 96 valence electrons. The van der Waals surface area contributed by atoms with Crippen LogP contribution in [0.2, 0.25) is 0 Å². The predicted molar refractivity (Wildman–Crippen MR) is 87.5 cm³/mol. The van der Waals surface area contributed by atoms with Crippen molar-refractivity contribution in [1.29, 1.82) is 0 Å². The molecule has 0 saturated heterocycles. The van der Waals surface area contributed by atoms with Crippen molar-refractivity contribution in [2.24, 2.45) is 0 Å². The average Bonchev–Trinajstić information content (AvgIpc) is 2.37. The van der Waals surface area contributed by atoms with Crippen molar-refractivity contribution in [3.8, 4) is 0 Å². The van der Waals surface area contributed by atoms with Crippen molar-refractivity contribution < 1.29 is 0 Å². The Morgan fingerprint density at radius 1 is 1.00 bits per heavy atom. The van der Waals surface area contributed by atoms with Crippen LogP contribution in [0.4, 0.5) is 0 Å². The van der Waals surface area contributed by atoms with E-state index in [0.29, 0.717) is 0 Å². The Labute approximate surface area is 116 Å². The van der Waals surface area contributed by atoms with Gasteiger partial charge in [-0.3, -0.25) is 0 Å². The summed E-state index contributed by atoms with van der Waals surface area (Å²) in [7, 11) is 0. The van der Waals surface area contributed by atoms with Crippen LogP contribution >= 0.6 is 11.8 Å². The third-order valence-corrected chi connectivity index (χ3v) is 3.02. The van der Waals surface area contributed by atoms with E-state index in [1.165, 1.54) is 16.1 Å². The smallest absolute Gasteiger partial charge is 0.0139 e. The van der Waals surface area contributed by atoms with Crippen LogP contribution in [0.25, 0.3) is 0 Å². The van der Waals surface area contributed by atoms with Gasteiger partial charge in [0.05, 0.1) is 0 Å². The highest BCUT2D eigenvalue weighted by Gasteiger charge is 1.92. The molecule has 1 heteroatoms. The molecule has 0 radical (unpaired) electrons. The van der Waals surface area contributed by atoms with Gasteiger partial charge >= 0.3 is 0 Å². The van der Waals surface area contributed by atoms with E-state index in [-0.39, 0.29) is 0 Å². The topological polar surface area (TPSA) is 0 Å². The molecule has 0 fully saturated rings. The van der Waals surface area contributed by atoms with Gasteiger partial charge in [0.1, 0.15) is 0 Å². The molecule has 0 bridgehead atoms. The quantitative estimate of drug-likeness (QED) is 0.508. The second kappa shape index (κ2) is 10.7. The van der Waals surface area contributed by atoms with Crippen LogP contribution in [0.5, 0.6) is 0 Å². The SMILES string of the molecule is C=C/C=C\S/C(C)=C/C=C(C)/C(/C=C\C=C)=C/C. The highest BCUT2D eigenvalue weighted by molar-refractivity contribution is 8.05. The Morgan fingerprint density at radius 3 is 2.22 bits per heavy atom. The van der Waals surface area contributed by atoms with E-state index < -0.39 is 0 Å². The molecule has 0 N–H and O–H groups in total. The summed E-state index contributed by atoms with van der Waals surface area (Å²) in [5, 5.41) is 2.02. The van der Waals surface area contributed by atoms with Gasteiger partial charge in [0.15, 0.2) is 0 Å². The second-order valence-corrected chi connectivity index (χ2v) is 4.80. The molecule has 0 unspecified atom stereocenters. The summed E-state index contributed by atoms with van der Waals surface area (Å²) in [5.74, 6) is 0. The summed E-state index contributed by atoms with van der Waals surface area (Å²) in [5.41, 5.74) is 2.45. The molecule has 0 aromatic heterocycles. The lowest BCUT2D eigenvalue weighted by atomic mass is 10.1. The summed E-state index contributed by atoms with van der Waals surface area (Å²) >= 11 is 1.69. The molecule has 0 aliphatic heterocycles. The lowest BCUT2D eigenvalue weighted by Gasteiger charge is -2.00. The van der Waals surface area contributed by atoms with E-state index in [4.69, 9.17) is 0 Å². The van der Waals surface area contributed by atoms with E-state index in [1.54, 1.807) is 23.9 Å². The fourth-order valence-electron chi connectivity index (χ4n) is 1.21. The third kappa shape index (κ3) is 7.75. The molecule has 0 heterocycles. The molecular formula is C17H22S. The van der Waals surface area contributed by atoms with Gasteiger partial charge in [-0.05, 0) is 42.2 Å². The van der Waals surface area contributed by atoms with Crippen molar-refractivity contribution in [1.82, 2.24) is 0 Å². The Hall–Kier alpha value is -1.47. The second-order valence-electron chi connectivity index (χ2n) is 3.65. The standard InChI is InChI=1S/C17H22S/c1-6-9-11-17(8-3)15(4)12-13-16(5)18-14-10-7-2/h6-14H,1-2H2,3-5H3/b11-9-,14-10-,15-12+,16-13+,17-8+. The normalized spacial score (nSPS) is 14.5. The predicted octanol–water partition coefficient (Wildman–Crippen LogP) is 5.96. The lowest BCUT2D eigenvalue weighted by molar-refractivity contribution is 1.40. The molecule has 0 spiro atoms. The monoisotopic (exact) mass is 258 g/mol. The Bertz CT molecular complexity index is 415. The molecule has 0 rings (SSSR count). The summed E-state index contributed by atoms with van der Waals surface area (Å²) < 4.78 is 0. The Morgan fingerprint density at radius 2 is 1.67 bits per heavy atom. The first-order chi connectivity index (χ1) is 8.65. The minimum Gasteiger partial charge on any atom is -0.103 e. The first-order valence-corrected chi connectivity index (χ1v) is 6.78. The third-order valence-electron chi connectivity index (χ3n) is 2.21. The van der Waals surface area contributed by atoms with E-state index in [9.17, 15) is 0 Å². The van der Waals surface area contributed by atoms with Gasteiger partial charge in [0.2, 0.25) is 0 Å². The fourth-order valence-corrected chi connectivity index (χ4v) is 1.76. The number of allylic oxidation sites excluding steroid dienone is 11. The van der Waals surface area contributed by atoms with Crippen molar-refractivity contribution >= 4 is 11.8 Å². The van der Waals surface area contributed by atoms with E-state index in [2.05, 4.69) is 51.3 Å². The molecule has 0 nitrogen and oxygen atoms in total. The summed E-state index contributed by atoms with van der Waals surface area (Å²) in [4.78, 5) is 1.25. The van der Waals surface area contributed by atoms with Crippen molar-refractivity contribution in [2.75, 3.05) is 0 Å². The molecule has 0 atom stereocenters. The van der Waals surface area contributed by atoms with Gasteiger partial charge in [-0.15, -0.1) is 11.8 Å². The van der Waals surface area contributed by atoms with Gasteiger partial charge in [-0.25, -0.2) is 0 Å². The zero-order chi connectivity index (χ0) is 13.8. The molecule has 0 aliphatic rings. The van der Waals surface area contributed by atoms with Gasteiger partial charge < -0.3 is 0 Å². The van der Waals surface area contributed by atoms with Gasteiger partial charge in [0, 0.05) is 0 Å². The van der Waals surface area contributed by atoms with E-state index in [0.717, 1.165) is 0 Å². The van der Waals surface area contributed by atoms with Crippen molar-refractivity contribution in [3.05, 3.63) is 83.2 Å². The Kier molecular flexibility index (Phi) is 9.80. The number of rotatable bonds is 7. The van der Waals surface area contributed by atoms with Crippen LogP contribution in [-0.4, -0.2) is 0 Å². The van der Waals surface area contributed by atoms with E-state index in [1.807, 2.05) is 24.5 Å². The van der Waals surface area contributed by atoms with Crippen LogP contribution in [0, 0.1) is 0 Å². The summed E-state index contributed by atoms with van der Waals surface area (Å²) in [6, 6.07) is 0. The van der Waals surface area contributed by atoms with Crippen LogP contribution in [0.15, 0.2) is 83.2 Å². The van der Waals surface area contributed by atoms with Crippen LogP contribution in [0.3, 0.4) is 0 Å². The molecular weight excluding hydrogens is 236 g/mol. The van der Waals surface area contributed by atoms with Crippen molar-refractivity contribution in [3.63, 3.8) is 0 Å². The maximum Gasteiger partial charge on any atom is -0.0139 e. The zero-order valence-electron chi connectivity index (χ0n) is 11.5. The van der Waals surface area contributed by atoms with Gasteiger partial charge in [-0.1, -0.05) is 61.8 Å². The minimum absolute atomic E-state index is 1.21. The number of hydrogen-bond acceptors (Lipinski definition) is 1. The lowest BCUT2D eigenvalue weighted by Crippen LogP contribution is -1.79. The Balaban J connectivity index is 4.70. The highest BCUT2D eigenvalue weighted by Crippen LogP contribution is 2.18. The van der Waals surface area contributed by atoms with Gasteiger partial charge in [-0.2, -0.15) is 0 Å². The highest BCUT2D eigenvalue weighted by atomic mass is 32.2. The summed E-state index contributed by atoms with van der Waals surface area (Å²) in [6.45, 7) is 13.6. The number of hydrogen-bond donors (Lipinski definition) is 0. The van der Waals surface area contributed by atoms with Crippen LogP contribution in [-0.2, 0) is 0 Å². The minimum atomic E-state index is 1.21. The molecule has 0 amide bonds. The largest absolute Gasteiger partial charge is 0.103 e. The van der Waals surface area contributed by atoms with Crippen LogP contribution < -0.4 is 0 Å². The number of thioether (sulfide) groups is 1. The zero-order valence-corrected chi connectivity index (χ0v) is 12.3. The van der Waals surface area contributed by atoms with Crippen LogP contribution in [0.1, 0.15) is 20.8 Å². The maximum atomic E-state index is 3.68. The van der Waals surface area contributed by atoms with E-state index >= 15 is 0 Å². The first kappa shape index (κ1) is 16.5. The maximum absolute atomic E-state index is 3.68. The average molecular weight is 258 g/mol. The van der Waals surface area contributed by atoms with Gasteiger partial charge in [0.25, 0.3) is 0 Å². The molecule has 18 heavy (non-hydrogen) atoms. The molecule has 0 aromatic carbocycles. The first-order valence-electron chi connectivity index (χ1n) is 5.91.